The molecule has 0 radical (unpaired) electrons. The summed E-state index contributed by atoms with van der Waals surface area (Å²) in [5, 5.41) is 0. The van der Waals surface area contributed by atoms with Gasteiger partial charge in [-0.25, -0.2) is 8.42 Å². The second-order valence-corrected chi connectivity index (χ2v) is 10.7. The third-order valence-electron chi connectivity index (χ3n) is 6.53. The molecule has 2 heterocycles. The number of sulfonamides is 1. The van der Waals surface area contributed by atoms with E-state index in [0.717, 1.165) is 45.2 Å². The first-order chi connectivity index (χ1) is 13.7. The average Bonchev–Trinajstić information content (AvgIpc) is 2.73. The minimum atomic E-state index is -3.58. The van der Waals surface area contributed by atoms with Crippen LogP contribution in [0.1, 0.15) is 63.2 Å². The minimum absolute atomic E-state index is 0.00178. The zero-order valence-electron chi connectivity index (χ0n) is 18.2. The van der Waals surface area contributed by atoms with Crippen molar-refractivity contribution in [3.63, 3.8) is 0 Å². The fraction of sp³-hybridized carbons (Fsp3) is 0.682. The molecule has 1 aromatic carbocycles. The van der Waals surface area contributed by atoms with Crippen molar-refractivity contribution in [3.8, 4) is 0 Å². The summed E-state index contributed by atoms with van der Waals surface area (Å²) in [6, 6.07) is 7.29. The van der Waals surface area contributed by atoms with Crippen molar-refractivity contribution >= 4 is 15.9 Å². The maximum absolute atomic E-state index is 13.1. The van der Waals surface area contributed by atoms with E-state index < -0.39 is 10.0 Å². The minimum Gasteiger partial charge on any atom is -0.339 e. The van der Waals surface area contributed by atoms with Crippen LogP contribution in [0.15, 0.2) is 29.2 Å². The van der Waals surface area contributed by atoms with Crippen molar-refractivity contribution in [2.75, 3.05) is 26.7 Å². The average molecular weight is 422 g/mol. The van der Waals surface area contributed by atoms with Gasteiger partial charge in [-0.05, 0) is 64.7 Å². The zero-order chi connectivity index (χ0) is 21.2. The largest absolute Gasteiger partial charge is 0.339 e. The lowest BCUT2D eigenvalue weighted by molar-refractivity contribution is 0.0615. The van der Waals surface area contributed by atoms with Crippen LogP contribution in [0.2, 0.25) is 0 Å². The van der Waals surface area contributed by atoms with E-state index in [0.29, 0.717) is 18.2 Å². The van der Waals surface area contributed by atoms with Crippen LogP contribution in [0.25, 0.3) is 0 Å². The van der Waals surface area contributed by atoms with Crippen LogP contribution >= 0.6 is 0 Å². The van der Waals surface area contributed by atoms with Gasteiger partial charge in [0.25, 0.3) is 5.91 Å². The molecule has 2 fully saturated rings. The van der Waals surface area contributed by atoms with Crippen LogP contribution < -0.4 is 0 Å². The van der Waals surface area contributed by atoms with Crippen molar-refractivity contribution < 1.29 is 13.2 Å². The van der Waals surface area contributed by atoms with Crippen LogP contribution in [0, 0.1) is 0 Å². The smallest absolute Gasteiger partial charge is 0.253 e. The number of rotatable bonds is 5. The van der Waals surface area contributed by atoms with Crippen molar-refractivity contribution in [2.45, 2.75) is 75.9 Å². The maximum atomic E-state index is 13.1. The third-order valence-corrected chi connectivity index (χ3v) is 8.54. The van der Waals surface area contributed by atoms with E-state index in [1.807, 2.05) is 14.0 Å². The Kier molecular flexibility index (Phi) is 7.02. The fourth-order valence-corrected chi connectivity index (χ4v) is 6.26. The normalized spacial score (nSPS) is 22.7. The summed E-state index contributed by atoms with van der Waals surface area (Å²) in [6.45, 7) is 8.89. The van der Waals surface area contributed by atoms with Crippen LogP contribution in [-0.4, -0.2) is 73.2 Å². The van der Waals surface area contributed by atoms with Crippen molar-refractivity contribution in [3.05, 3.63) is 29.8 Å². The molecule has 1 amide bonds. The molecule has 2 saturated heterocycles. The van der Waals surface area contributed by atoms with Gasteiger partial charge in [-0.3, -0.25) is 4.79 Å². The molecule has 3 rings (SSSR count). The van der Waals surface area contributed by atoms with Gasteiger partial charge in [0.1, 0.15) is 0 Å². The Morgan fingerprint density at radius 1 is 1.10 bits per heavy atom. The molecule has 1 aromatic rings. The first-order valence-electron chi connectivity index (χ1n) is 10.8. The molecule has 162 valence electrons. The second kappa shape index (κ2) is 9.14. The molecule has 7 heteroatoms. The Hall–Kier alpha value is -1.44. The van der Waals surface area contributed by atoms with Gasteiger partial charge in [0.2, 0.25) is 10.0 Å². The molecule has 1 unspecified atom stereocenters. The van der Waals surface area contributed by atoms with Gasteiger partial charge < -0.3 is 9.80 Å². The highest BCUT2D eigenvalue weighted by Crippen LogP contribution is 2.26. The topological polar surface area (TPSA) is 60.9 Å². The highest BCUT2D eigenvalue weighted by molar-refractivity contribution is 7.89. The summed E-state index contributed by atoms with van der Waals surface area (Å²) >= 11 is 0. The number of piperidine rings is 2. The monoisotopic (exact) mass is 421 g/mol. The van der Waals surface area contributed by atoms with Crippen molar-refractivity contribution in [1.29, 1.82) is 0 Å². The number of hydrogen-bond acceptors (Lipinski definition) is 4. The summed E-state index contributed by atoms with van der Waals surface area (Å²) in [5.41, 5.74) is 0.449. The Labute approximate surface area is 175 Å². The Balaban J connectivity index is 1.74. The van der Waals surface area contributed by atoms with E-state index in [2.05, 4.69) is 18.7 Å². The lowest BCUT2D eigenvalue weighted by atomic mass is 10.0. The van der Waals surface area contributed by atoms with E-state index in [1.54, 1.807) is 33.5 Å². The molecule has 0 spiro atoms. The highest BCUT2D eigenvalue weighted by Gasteiger charge is 2.32. The molecule has 0 aliphatic carbocycles. The third kappa shape index (κ3) is 4.84. The standard InChI is InChI=1S/C22H35N3O3S/c1-17(2)24-14-11-20(12-15-24)23(4)22(26)19-9-7-10-21(16-19)29(27,28)25-13-6-5-8-18(25)3/h7,9-10,16-18,20H,5-6,8,11-15H2,1-4H3. The van der Waals surface area contributed by atoms with Gasteiger partial charge in [-0.15, -0.1) is 0 Å². The molecular weight excluding hydrogens is 386 g/mol. The van der Waals surface area contributed by atoms with Gasteiger partial charge in [0.15, 0.2) is 0 Å². The molecule has 2 aliphatic rings. The van der Waals surface area contributed by atoms with Gasteiger partial charge in [-0.1, -0.05) is 12.5 Å². The molecule has 1 atom stereocenters. The fourth-order valence-electron chi connectivity index (χ4n) is 4.51. The molecule has 0 aromatic heterocycles. The molecule has 29 heavy (non-hydrogen) atoms. The van der Waals surface area contributed by atoms with Crippen LogP contribution in [0.4, 0.5) is 0 Å². The van der Waals surface area contributed by atoms with E-state index >= 15 is 0 Å². The van der Waals surface area contributed by atoms with Gasteiger partial charge in [-0.2, -0.15) is 4.31 Å². The number of hydrogen-bond donors (Lipinski definition) is 0. The number of benzene rings is 1. The highest BCUT2D eigenvalue weighted by atomic mass is 32.2. The lowest BCUT2D eigenvalue weighted by Gasteiger charge is -2.38. The molecule has 0 saturated carbocycles. The number of likely N-dealkylation sites (tertiary alicyclic amines) is 1. The number of amides is 1. The van der Waals surface area contributed by atoms with Crippen molar-refractivity contribution in [1.82, 2.24) is 14.1 Å². The molecule has 0 bridgehead atoms. The number of nitrogens with zero attached hydrogens (tertiary/aromatic N) is 3. The first-order valence-corrected chi connectivity index (χ1v) is 12.3. The van der Waals surface area contributed by atoms with Gasteiger partial charge in [0, 0.05) is 50.4 Å². The lowest BCUT2D eigenvalue weighted by Crippen LogP contribution is -2.47. The summed E-state index contributed by atoms with van der Waals surface area (Å²) in [5.74, 6) is -0.100. The summed E-state index contributed by atoms with van der Waals surface area (Å²) in [7, 11) is -1.74. The summed E-state index contributed by atoms with van der Waals surface area (Å²) < 4.78 is 27.9. The van der Waals surface area contributed by atoms with Gasteiger partial charge >= 0.3 is 0 Å². The Morgan fingerprint density at radius 3 is 2.41 bits per heavy atom. The molecule has 2 aliphatic heterocycles. The molecule has 0 N–H and O–H groups in total. The van der Waals surface area contributed by atoms with E-state index in [1.165, 1.54) is 0 Å². The Morgan fingerprint density at radius 2 is 1.79 bits per heavy atom. The van der Waals surface area contributed by atoms with Crippen LogP contribution in [0.5, 0.6) is 0 Å². The second-order valence-electron chi connectivity index (χ2n) is 8.77. The van der Waals surface area contributed by atoms with E-state index in [9.17, 15) is 13.2 Å². The Bertz CT molecular complexity index is 816. The zero-order valence-corrected chi connectivity index (χ0v) is 19.0. The SMILES string of the molecule is CC(C)N1CCC(N(C)C(=O)c2cccc(S(=O)(=O)N3CCCCC3C)c2)CC1. The van der Waals surface area contributed by atoms with Crippen LogP contribution in [-0.2, 0) is 10.0 Å². The number of carbonyl (C=O) groups is 1. The summed E-state index contributed by atoms with van der Waals surface area (Å²) in [4.78, 5) is 17.5. The number of carbonyl (C=O) groups excluding carboxylic acids is 1. The quantitative estimate of drug-likeness (QED) is 0.733. The maximum Gasteiger partial charge on any atom is 0.253 e. The predicted molar refractivity (Wildman–Crippen MR) is 115 cm³/mol. The van der Waals surface area contributed by atoms with Crippen LogP contribution in [0.3, 0.4) is 0 Å². The first kappa shape index (κ1) is 22.2. The summed E-state index contributed by atoms with van der Waals surface area (Å²) in [6.07, 6.45) is 4.73. The van der Waals surface area contributed by atoms with Gasteiger partial charge in [0.05, 0.1) is 4.90 Å². The molecule has 6 nitrogen and oxygen atoms in total. The predicted octanol–water partition coefficient (Wildman–Crippen LogP) is 3.19. The van der Waals surface area contributed by atoms with Crippen molar-refractivity contribution in [2.24, 2.45) is 0 Å². The van der Waals surface area contributed by atoms with E-state index in [4.69, 9.17) is 0 Å². The van der Waals surface area contributed by atoms with E-state index in [-0.39, 0.29) is 22.9 Å². The molecular formula is C22H35N3O3S.